The normalized spacial score (nSPS) is 25.4. The first-order valence-corrected chi connectivity index (χ1v) is 8.14. The van der Waals surface area contributed by atoms with Crippen molar-refractivity contribution in [2.45, 2.75) is 31.2 Å². The highest BCUT2D eigenvalue weighted by atomic mass is 32.2. The summed E-state index contributed by atoms with van der Waals surface area (Å²) in [7, 11) is -1.41. The summed E-state index contributed by atoms with van der Waals surface area (Å²) >= 11 is 0. The molecule has 19 heavy (non-hydrogen) atoms. The fourth-order valence-electron chi connectivity index (χ4n) is 2.74. The van der Waals surface area contributed by atoms with E-state index in [1.54, 1.807) is 16.4 Å². The zero-order chi connectivity index (χ0) is 14.0. The van der Waals surface area contributed by atoms with Gasteiger partial charge in [-0.3, -0.25) is 0 Å². The molecule has 2 atom stereocenters. The van der Waals surface area contributed by atoms with E-state index in [1.807, 2.05) is 26.1 Å². The number of rotatable bonds is 3. The molecular weight excluding hydrogens is 260 g/mol. The zero-order valence-electron chi connectivity index (χ0n) is 11.8. The van der Waals surface area contributed by atoms with Crippen LogP contribution in [-0.2, 0) is 10.0 Å². The Balaban J connectivity index is 2.25. The Morgan fingerprint density at radius 2 is 2.00 bits per heavy atom. The molecular formula is C14H22N2O2S. The number of benzene rings is 1. The first-order valence-electron chi connectivity index (χ1n) is 6.70. The minimum atomic E-state index is -3.35. The molecule has 0 aromatic heterocycles. The predicted molar refractivity (Wildman–Crippen MR) is 76.6 cm³/mol. The maximum atomic E-state index is 12.7. The molecule has 0 amide bonds. The molecule has 0 spiro atoms. The summed E-state index contributed by atoms with van der Waals surface area (Å²) in [5, 5.41) is 3.26. The van der Waals surface area contributed by atoms with Crippen molar-refractivity contribution in [2.24, 2.45) is 5.92 Å². The van der Waals surface area contributed by atoms with Crippen LogP contribution in [0.25, 0.3) is 0 Å². The lowest BCUT2D eigenvalue weighted by Crippen LogP contribution is -2.49. The zero-order valence-corrected chi connectivity index (χ0v) is 12.6. The van der Waals surface area contributed by atoms with Crippen molar-refractivity contribution in [1.82, 2.24) is 9.62 Å². The lowest BCUT2D eigenvalue weighted by molar-refractivity contribution is 0.228. The monoisotopic (exact) mass is 282 g/mol. The van der Waals surface area contributed by atoms with E-state index in [2.05, 4.69) is 12.2 Å². The van der Waals surface area contributed by atoms with Gasteiger partial charge in [-0.25, -0.2) is 8.42 Å². The second kappa shape index (κ2) is 5.61. The Morgan fingerprint density at radius 3 is 2.58 bits per heavy atom. The van der Waals surface area contributed by atoms with Gasteiger partial charge in [0.15, 0.2) is 0 Å². The lowest BCUT2D eigenvalue weighted by Gasteiger charge is -2.36. The third-order valence-electron chi connectivity index (χ3n) is 3.95. The molecule has 2 rings (SSSR count). The van der Waals surface area contributed by atoms with Crippen molar-refractivity contribution in [2.75, 3.05) is 20.1 Å². The maximum absolute atomic E-state index is 12.7. The molecule has 1 aliphatic rings. The van der Waals surface area contributed by atoms with E-state index in [-0.39, 0.29) is 0 Å². The Labute approximate surface area is 115 Å². The average Bonchev–Trinajstić information content (AvgIpc) is 2.39. The first-order chi connectivity index (χ1) is 8.96. The van der Waals surface area contributed by atoms with E-state index in [9.17, 15) is 8.42 Å². The van der Waals surface area contributed by atoms with E-state index in [4.69, 9.17) is 0 Å². The first kappa shape index (κ1) is 14.5. The van der Waals surface area contributed by atoms with Crippen LogP contribution in [0.4, 0.5) is 0 Å². The third kappa shape index (κ3) is 2.83. The summed E-state index contributed by atoms with van der Waals surface area (Å²) in [5.74, 6) is 0.331. The van der Waals surface area contributed by atoms with E-state index < -0.39 is 10.0 Å². The van der Waals surface area contributed by atoms with Gasteiger partial charge in [0, 0.05) is 19.1 Å². The molecule has 5 heteroatoms. The number of nitrogens with zero attached hydrogens (tertiary/aromatic N) is 1. The Kier molecular flexibility index (Phi) is 4.28. The summed E-state index contributed by atoms with van der Waals surface area (Å²) in [6.45, 7) is 5.12. The fraction of sp³-hybridized carbons (Fsp3) is 0.571. The van der Waals surface area contributed by atoms with Gasteiger partial charge in [-0.15, -0.1) is 0 Å². The largest absolute Gasteiger partial charge is 0.317 e. The summed E-state index contributed by atoms with van der Waals surface area (Å²) in [5.41, 5.74) is 0.811. The van der Waals surface area contributed by atoms with E-state index in [0.717, 1.165) is 12.0 Å². The van der Waals surface area contributed by atoms with Crippen LogP contribution < -0.4 is 5.32 Å². The Bertz CT molecular complexity index is 542. The number of piperidine rings is 1. The van der Waals surface area contributed by atoms with Crippen LogP contribution in [0.15, 0.2) is 29.2 Å². The fourth-order valence-corrected chi connectivity index (χ4v) is 4.52. The molecule has 0 radical (unpaired) electrons. The standard InChI is InChI=1S/C14H22N2O2S/c1-11-6-4-5-7-14(11)19(17,18)16-9-8-13(15-3)12(2)10-16/h4-7,12-13,15H,8-10H2,1-3H3. The van der Waals surface area contributed by atoms with Crippen molar-refractivity contribution < 1.29 is 8.42 Å². The van der Waals surface area contributed by atoms with E-state index in [0.29, 0.717) is 29.9 Å². The molecule has 0 saturated carbocycles. The molecule has 4 nitrogen and oxygen atoms in total. The van der Waals surface area contributed by atoms with Crippen molar-refractivity contribution in [3.05, 3.63) is 29.8 Å². The second-order valence-corrected chi connectivity index (χ2v) is 7.20. The molecule has 0 bridgehead atoms. The summed E-state index contributed by atoms with van der Waals surface area (Å²) in [6, 6.07) is 7.59. The molecule has 106 valence electrons. The molecule has 2 unspecified atom stereocenters. The number of hydrogen-bond donors (Lipinski definition) is 1. The van der Waals surface area contributed by atoms with Gasteiger partial charge in [0.05, 0.1) is 4.90 Å². The topological polar surface area (TPSA) is 49.4 Å². The third-order valence-corrected chi connectivity index (χ3v) is 5.98. The molecule has 1 aromatic rings. The number of sulfonamides is 1. The lowest BCUT2D eigenvalue weighted by atomic mass is 9.96. The van der Waals surface area contributed by atoms with Crippen molar-refractivity contribution in [3.63, 3.8) is 0 Å². The van der Waals surface area contributed by atoms with Gasteiger partial charge < -0.3 is 5.32 Å². The Morgan fingerprint density at radius 1 is 1.32 bits per heavy atom. The minimum absolute atomic E-state index is 0.331. The molecule has 1 heterocycles. The molecule has 1 aliphatic heterocycles. The van der Waals surface area contributed by atoms with Gasteiger partial charge in [0.2, 0.25) is 10.0 Å². The van der Waals surface area contributed by atoms with E-state index >= 15 is 0 Å². The van der Waals surface area contributed by atoms with Gasteiger partial charge in [-0.05, 0) is 37.9 Å². The average molecular weight is 282 g/mol. The number of nitrogens with one attached hydrogen (secondary N) is 1. The summed E-state index contributed by atoms with van der Waals surface area (Å²) in [4.78, 5) is 0.435. The van der Waals surface area contributed by atoms with Crippen LogP contribution in [0.2, 0.25) is 0 Å². The van der Waals surface area contributed by atoms with Crippen LogP contribution in [0.1, 0.15) is 18.9 Å². The van der Waals surface area contributed by atoms with Crippen LogP contribution >= 0.6 is 0 Å². The van der Waals surface area contributed by atoms with Gasteiger partial charge >= 0.3 is 0 Å². The number of aryl methyl sites for hydroxylation is 1. The van der Waals surface area contributed by atoms with Crippen molar-refractivity contribution in [1.29, 1.82) is 0 Å². The molecule has 1 saturated heterocycles. The molecule has 0 aliphatic carbocycles. The van der Waals surface area contributed by atoms with Gasteiger partial charge in [0.1, 0.15) is 0 Å². The summed E-state index contributed by atoms with van der Waals surface area (Å²) in [6.07, 6.45) is 0.864. The van der Waals surface area contributed by atoms with Gasteiger partial charge in [-0.1, -0.05) is 25.1 Å². The SMILES string of the molecule is CNC1CCN(S(=O)(=O)c2ccccc2C)CC1C. The highest BCUT2D eigenvalue weighted by molar-refractivity contribution is 7.89. The van der Waals surface area contributed by atoms with Crippen LogP contribution in [0.5, 0.6) is 0 Å². The quantitative estimate of drug-likeness (QED) is 0.916. The molecule has 1 N–H and O–H groups in total. The van der Waals surface area contributed by atoms with Crippen molar-refractivity contribution in [3.8, 4) is 0 Å². The van der Waals surface area contributed by atoms with Gasteiger partial charge in [0.25, 0.3) is 0 Å². The maximum Gasteiger partial charge on any atom is 0.243 e. The highest BCUT2D eigenvalue weighted by Gasteiger charge is 2.33. The van der Waals surface area contributed by atoms with E-state index in [1.165, 1.54) is 0 Å². The Hall–Kier alpha value is -0.910. The van der Waals surface area contributed by atoms with Crippen molar-refractivity contribution >= 4 is 10.0 Å². The molecule has 1 fully saturated rings. The smallest absolute Gasteiger partial charge is 0.243 e. The number of hydrogen-bond acceptors (Lipinski definition) is 3. The molecule has 1 aromatic carbocycles. The van der Waals surface area contributed by atoms with Crippen LogP contribution in [0, 0.1) is 12.8 Å². The minimum Gasteiger partial charge on any atom is -0.317 e. The van der Waals surface area contributed by atoms with Gasteiger partial charge in [-0.2, -0.15) is 4.31 Å². The highest BCUT2D eigenvalue weighted by Crippen LogP contribution is 2.25. The van der Waals surface area contributed by atoms with Crippen LogP contribution in [-0.4, -0.2) is 38.9 Å². The van der Waals surface area contributed by atoms with Crippen LogP contribution in [0.3, 0.4) is 0 Å². The second-order valence-electron chi connectivity index (χ2n) is 5.29. The summed E-state index contributed by atoms with van der Waals surface area (Å²) < 4.78 is 26.9. The predicted octanol–water partition coefficient (Wildman–Crippen LogP) is 1.61.